The molecule has 9 nitrogen and oxygen atoms in total. The largest absolute Gasteiger partial charge is 0.486 e. The van der Waals surface area contributed by atoms with Crippen molar-refractivity contribution in [3.8, 4) is 18.0 Å². The van der Waals surface area contributed by atoms with E-state index in [9.17, 15) is 9.59 Å². The van der Waals surface area contributed by atoms with Gasteiger partial charge in [-0.3, -0.25) is 4.79 Å². The van der Waals surface area contributed by atoms with Gasteiger partial charge in [0, 0.05) is 15.5 Å². The van der Waals surface area contributed by atoms with Gasteiger partial charge in [-0.25, -0.2) is 4.79 Å². The minimum Gasteiger partial charge on any atom is -0.444 e. The topological polar surface area (TPSA) is 114 Å². The van der Waals surface area contributed by atoms with E-state index in [1.54, 1.807) is 30.3 Å². The summed E-state index contributed by atoms with van der Waals surface area (Å²) in [6.45, 7) is -0.333. The van der Waals surface area contributed by atoms with E-state index in [0.717, 1.165) is 0 Å². The van der Waals surface area contributed by atoms with Crippen molar-refractivity contribution < 1.29 is 28.8 Å². The van der Waals surface area contributed by atoms with Crippen LogP contribution in [-0.4, -0.2) is 42.6 Å². The number of nitrogens with one attached hydrogen (secondary N) is 2. The van der Waals surface area contributed by atoms with Crippen LogP contribution < -0.4 is 24.5 Å². The summed E-state index contributed by atoms with van der Waals surface area (Å²) in [6, 6.07) is 8.37. The molecular formula is C14H15N4O5+. The predicted octanol–water partition coefficient (Wildman–Crippen LogP) is -0.357. The Bertz CT molecular complexity index is 671. The number of carbonyl (C=O) groups excluding carboxylic acids is 2. The minimum atomic E-state index is -0.732. The van der Waals surface area contributed by atoms with E-state index in [1.807, 2.05) is 0 Å². The van der Waals surface area contributed by atoms with Gasteiger partial charge in [0.25, 0.3) is 5.91 Å². The van der Waals surface area contributed by atoms with Crippen LogP contribution in [0.25, 0.3) is 0 Å². The molecule has 0 bridgehead atoms. The summed E-state index contributed by atoms with van der Waals surface area (Å²) < 4.78 is 14.7. The molecule has 1 aromatic carbocycles. The van der Waals surface area contributed by atoms with E-state index in [0.29, 0.717) is 5.56 Å². The number of rotatable bonds is 6. The number of benzene rings is 1. The second kappa shape index (κ2) is 7.69. The number of nitrogens with zero attached hydrogens (tertiary/aromatic N) is 2. The Morgan fingerprint density at radius 1 is 1.09 bits per heavy atom. The summed E-state index contributed by atoms with van der Waals surface area (Å²) in [6.07, 6.45) is 0. The summed E-state index contributed by atoms with van der Waals surface area (Å²) in [5.74, 6) is -1.12. The monoisotopic (exact) mass is 319 g/mol. The van der Waals surface area contributed by atoms with Crippen molar-refractivity contribution in [2.24, 2.45) is 0 Å². The molecule has 1 aromatic heterocycles. The fraction of sp³-hybridized carbons (Fsp3) is 0.214. The SMILES string of the molecule is COc1nc(OC(=O)CNC(=O)c2ccccc2)nc(OC)[nH+]1. The van der Waals surface area contributed by atoms with Gasteiger partial charge in [0.1, 0.15) is 6.54 Å². The lowest BCUT2D eigenvalue weighted by Gasteiger charge is -2.03. The van der Waals surface area contributed by atoms with Crippen LogP contribution in [0.3, 0.4) is 0 Å². The lowest BCUT2D eigenvalue weighted by Crippen LogP contribution is -2.32. The molecule has 0 aliphatic heterocycles. The summed E-state index contributed by atoms with van der Waals surface area (Å²) in [5.41, 5.74) is 0.439. The van der Waals surface area contributed by atoms with E-state index < -0.39 is 5.97 Å². The number of hydrogen-bond acceptors (Lipinski definition) is 7. The lowest BCUT2D eigenvalue weighted by molar-refractivity contribution is -0.417. The normalized spacial score (nSPS) is 9.83. The van der Waals surface area contributed by atoms with Crippen molar-refractivity contribution in [2.75, 3.05) is 20.8 Å². The Morgan fingerprint density at radius 2 is 1.70 bits per heavy atom. The van der Waals surface area contributed by atoms with E-state index in [1.165, 1.54) is 14.2 Å². The zero-order chi connectivity index (χ0) is 16.7. The highest BCUT2D eigenvalue weighted by Crippen LogP contribution is 2.09. The first-order chi connectivity index (χ1) is 11.1. The molecule has 2 N–H and O–H groups in total. The lowest BCUT2D eigenvalue weighted by atomic mass is 10.2. The van der Waals surface area contributed by atoms with Crippen LogP contribution in [0.1, 0.15) is 10.4 Å². The van der Waals surface area contributed by atoms with Gasteiger partial charge >= 0.3 is 24.0 Å². The van der Waals surface area contributed by atoms with Crippen molar-refractivity contribution in [2.45, 2.75) is 0 Å². The number of ether oxygens (including phenoxy) is 3. The average Bonchev–Trinajstić information content (AvgIpc) is 2.60. The second-order valence-electron chi connectivity index (χ2n) is 4.17. The van der Waals surface area contributed by atoms with Crippen LogP contribution in [0.15, 0.2) is 30.3 Å². The molecule has 9 heteroatoms. The Balaban J connectivity index is 1.93. The molecule has 1 heterocycles. The molecule has 23 heavy (non-hydrogen) atoms. The number of aromatic nitrogens is 3. The molecule has 0 aliphatic rings. The smallest absolute Gasteiger partial charge is 0.444 e. The summed E-state index contributed by atoms with van der Waals surface area (Å²) in [7, 11) is 2.76. The van der Waals surface area contributed by atoms with Gasteiger partial charge in [0.05, 0.1) is 14.2 Å². The maximum absolute atomic E-state index is 11.8. The molecule has 2 rings (SSSR count). The van der Waals surface area contributed by atoms with E-state index in [2.05, 4.69) is 20.3 Å². The number of aromatic amines is 1. The average molecular weight is 319 g/mol. The van der Waals surface area contributed by atoms with E-state index in [4.69, 9.17) is 14.2 Å². The van der Waals surface area contributed by atoms with Crippen LogP contribution in [0.5, 0.6) is 18.0 Å². The number of esters is 1. The fourth-order valence-electron chi connectivity index (χ4n) is 1.57. The molecule has 0 radical (unpaired) electrons. The number of methoxy groups -OCH3 is 2. The van der Waals surface area contributed by atoms with Crippen molar-refractivity contribution in [3.63, 3.8) is 0 Å². The van der Waals surface area contributed by atoms with Crippen LogP contribution >= 0.6 is 0 Å². The summed E-state index contributed by atoms with van der Waals surface area (Å²) in [5, 5.41) is 2.44. The standard InChI is InChI=1S/C14H14N4O5/c1-21-12-16-13(22-2)18-14(17-12)23-10(19)8-15-11(20)9-6-4-3-5-7-9/h3-7H,8H2,1-2H3,(H,15,20)/p+1. The molecule has 0 saturated heterocycles. The van der Waals surface area contributed by atoms with Crippen molar-refractivity contribution in [3.05, 3.63) is 35.9 Å². The fourth-order valence-corrected chi connectivity index (χ4v) is 1.57. The second-order valence-corrected chi connectivity index (χ2v) is 4.17. The zero-order valence-corrected chi connectivity index (χ0v) is 12.5. The third-order valence-electron chi connectivity index (χ3n) is 2.63. The maximum atomic E-state index is 11.8. The molecule has 0 spiro atoms. The van der Waals surface area contributed by atoms with Gasteiger partial charge in [-0.05, 0) is 12.1 Å². The molecular weight excluding hydrogens is 304 g/mol. The maximum Gasteiger partial charge on any atom is 0.486 e. The predicted molar refractivity (Wildman–Crippen MR) is 76.1 cm³/mol. The van der Waals surface area contributed by atoms with Crippen LogP contribution in [0.4, 0.5) is 0 Å². The summed E-state index contributed by atoms with van der Waals surface area (Å²) >= 11 is 0. The van der Waals surface area contributed by atoms with Gasteiger partial charge in [-0.1, -0.05) is 18.2 Å². The van der Waals surface area contributed by atoms with Crippen LogP contribution in [0.2, 0.25) is 0 Å². The molecule has 0 unspecified atom stereocenters. The van der Waals surface area contributed by atoms with Gasteiger partial charge in [0.15, 0.2) is 0 Å². The van der Waals surface area contributed by atoms with Gasteiger partial charge in [0.2, 0.25) is 0 Å². The molecule has 1 amide bonds. The van der Waals surface area contributed by atoms with Gasteiger partial charge in [-0.2, -0.15) is 4.98 Å². The molecule has 0 aliphatic carbocycles. The highest BCUT2D eigenvalue weighted by molar-refractivity contribution is 5.95. The molecule has 120 valence electrons. The first-order valence-corrected chi connectivity index (χ1v) is 6.55. The summed E-state index contributed by atoms with van der Waals surface area (Å²) in [4.78, 5) is 33.7. The van der Waals surface area contributed by atoms with Crippen molar-refractivity contribution >= 4 is 11.9 Å². The molecule has 0 fully saturated rings. The van der Waals surface area contributed by atoms with Gasteiger partial charge < -0.3 is 19.5 Å². The number of hydrogen-bond donors (Lipinski definition) is 1. The Labute approximate surface area is 131 Å². The minimum absolute atomic E-state index is 0.0629. The highest BCUT2D eigenvalue weighted by Gasteiger charge is 2.21. The van der Waals surface area contributed by atoms with E-state index >= 15 is 0 Å². The van der Waals surface area contributed by atoms with Crippen LogP contribution in [-0.2, 0) is 4.79 Å². The van der Waals surface area contributed by atoms with Crippen LogP contribution in [0, 0.1) is 0 Å². The van der Waals surface area contributed by atoms with Crippen molar-refractivity contribution in [1.29, 1.82) is 0 Å². The number of carbonyl (C=O) groups is 2. The third kappa shape index (κ3) is 4.63. The zero-order valence-electron chi connectivity index (χ0n) is 12.5. The Kier molecular flexibility index (Phi) is 5.40. The Hall–Kier alpha value is -3.23. The first kappa shape index (κ1) is 16.1. The number of amides is 1. The highest BCUT2D eigenvalue weighted by atomic mass is 16.6. The third-order valence-corrected chi connectivity index (χ3v) is 2.63. The molecule has 0 atom stereocenters. The van der Waals surface area contributed by atoms with Gasteiger partial charge in [-0.15, -0.1) is 0 Å². The van der Waals surface area contributed by atoms with E-state index in [-0.39, 0.29) is 30.5 Å². The van der Waals surface area contributed by atoms with Crippen molar-refractivity contribution in [1.82, 2.24) is 15.3 Å². The number of H-pyrrole nitrogens is 1. The molecule has 2 aromatic rings. The molecule has 0 saturated carbocycles. The Morgan fingerprint density at radius 3 is 2.26 bits per heavy atom. The quantitative estimate of drug-likeness (QED) is 0.723. The first-order valence-electron chi connectivity index (χ1n) is 6.55.